The minimum Gasteiger partial charge on any atom is -0.496 e. The Balaban J connectivity index is 3.17. The molecule has 0 aliphatic rings. The fraction of sp³-hybridized carbons (Fsp3) is 0.300. The van der Waals surface area contributed by atoms with Gasteiger partial charge < -0.3 is 10.5 Å². The number of benzene rings is 1. The van der Waals surface area contributed by atoms with Crippen molar-refractivity contribution in [3.63, 3.8) is 0 Å². The Morgan fingerprint density at radius 3 is 2.71 bits per heavy atom. The van der Waals surface area contributed by atoms with Crippen LogP contribution >= 0.6 is 15.9 Å². The van der Waals surface area contributed by atoms with Crippen LogP contribution in [0.25, 0.3) is 0 Å². The molecule has 3 nitrogen and oxygen atoms in total. The molecule has 0 amide bonds. The van der Waals surface area contributed by atoms with Crippen molar-refractivity contribution < 1.29 is 9.53 Å². The second-order valence-electron chi connectivity index (χ2n) is 3.00. The molecular formula is C10H12BrNO2. The highest BCUT2D eigenvalue weighted by atomic mass is 79.9. The molecule has 0 saturated heterocycles. The van der Waals surface area contributed by atoms with Gasteiger partial charge in [-0.1, -0.05) is 15.9 Å². The van der Waals surface area contributed by atoms with Gasteiger partial charge in [0.15, 0.2) is 5.78 Å². The van der Waals surface area contributed by atoms with E-state index in [4.69, 9.17) is 10.5 Å². The maximum atomic E-state index is 11.7. The largest absolute Gasteiger partial charge is 0.496 e. The number of carbonyl (C=O) groups excluding carboxylic acids is 1. The quantitative estimate of drug-likeness (QED) is 0.843. The number of carbonyl (C=O) groups is 1. The van der Waals surface area contributed by atoms with Crippen LogP contribution in [0.5, 0.6) is 5.75 Å². The first-order chi connectivity index (χ1) is 6.56. The van der Waals surface area contributed by atoms with Crippen molar-refractivity contribution in [1.29, 1.82) is 0 Å². The Hall–Kier alpha value is -0.870. The number of ether oxygens (including phenoxy) is 1. The molecule has 14 heavy (non-hydrogen) atoms. The highest BCUT2D eigenvalue weighted by Crippen LogP contribution is 2.23. The number of halogens is 1. The number of hydrogen-bond donors (Lipinski definition) is 1. The van der Waals surface area contributed by atoms with Crippen molar-refractivity contribution in [3.05, 3.63) is 28.2 Å². The molecule has 0 bridgehead atoms. The number of ketones is 1. The average molecular weight is 258 g/mol. The van der Waals surface area contributed by atoms with Crippen molar-refractivity contribution in [2.24, 2.45) is 5.73 Å². The first-order valence-corrected chi connectivity index (χ1v) is 4.99. The number of hydrogen-bond acceptors (Lipinski definition) is 3. The lowest BCUT2D eigenvalue weighted by molar-refractivity contribution is 0.0965. The molecule has 1 rings (SSSR count). The number of Topliss-reactive ketones (excluding diaryl/α,β-unsaturated/α-hetero) is 1. The lowest BCUT2D eigenvalue weighted by Gasteiger charge is -2.09. The van der Waals surface area contributed by atoms with Crippen LogP contribution in [0.3, 0.4) is 0 Å². The zero-order valence-corrected chi connectivity index (χ0v) is 9.67. The van der Waals surface area contributed by atoms with E-state index in [0.717, 1.165) is 4.47 Å². The third-order valence-electron chi connectivity index (χ3n) is 1.84. The zero-order valence-electron chi connectivity index (χ0n) is 8.08. The number of nitrogens with two attached hydrogens (primary N) is 1. The van der Waals surface area contributed by atoms with Crippen LogP contribution in [-0.4, -0.2) is 18.9 Å². The van der Waals surface area contributed by atoms with E-state index in [1.807, 2.05) is 6.07 Å². The molecule has 0 fully saturated rings. The zero-order chi connectivity index (χ0) is 10.7. The third-order valence-corrected chi connectivity index (χ3v) is 2.33. The van der Waals surface area contributed by atoms with E-state index >= 15 is 0 Å². The summed E-state index contributed by atoms with van der Waals surface area (Å²) in [4.78, 5) is 11.7. The molecule has 1 aromatic carbocycles. The van der Waals surface area contributed by atoms with Gasteiger partial charge in [0.25, 0.3) is 0 Å². The van der Waals surface area contributed by atoms with Gasteiger partial charge in [-0.2, -0.15) is 0 Å². The average Bonchev–Trinajstić information content (AvgIpc) is 2.16. The summed E-state index contributed by atoms with van der Waals surface area (Å²) in [6, 6.07) is 4.75. The summed E-state index contributed by atoms with van der Waals surface area (Å²) < 4.78 is 5.91. The van der Waals surface area contributed by atoms with E-state index < -0.39 is 6.04 Å². The van der Waals surface area contributed by atoms with E-state index in [1.165, 1.54) is 7.11 Å². The molecule has 0 aliphatic carbocycles. The third kappa shape index (κ3) is 2.33. The fourth-order valence-electron chi connectivity index (χ4n) is 1.12. The van der Waals surface area contributed by atoms with Crippen molar-refractivity contribution in [2.45, 2.75) is 13.0 Å². The van der Waals surface area contributed by atoms with Crippen LogP contribution in [0.15, 0.2) is 22.7 Å². The monoisotopic (exact) mass is 257 g/mol. The normalized spacial score (nSPS) is 12.3. The molecule has 1 unspecified atom stereocenters. The van der Waals surface area contributed by atoms with Gasteiger partial charge in [0.05, 0.1) is 18.7 Å². The van der Waals surface area contributed by atoms with E-state index in [2.05, 4.69) is 15.9 Å². The molecule has 1 aromatic rings. The van der Waals surface area contributed by atoms with Crippen LogP contribution in [0.2, 0.25) is 0 Å². The van der Waals surface area contributed by atoms with Gasteiger partial charge in [0, 0.05) is 4.47 Å². The predicted molar refractivity (Wildman–Crippen MR) is 58.7 cm³/mol. The first kappa shape index (κ1) is 11.2. The molecule has 0 heterocycles. The standard InChI is InChI=1S/C10H12BrNO2/c1-6(12)10(13)8-5-7(11)3-4-9(8)14-2/h3-6H,12H2,1-2H3. The Labute approximate surface area is 91.4 Å². The van der Waals surface area contributed by atoms with E-state index in [0.29, 0.717) is 11.3 Å². The van der Waals surface area contributed by atoms with Gasteiger partial charge in [-0.25, -0.2) is 0 Å². The van der Waals surface area contributed by atoms with Crippen LogP contribution in [0.4, 0.5) is 0 Å². The molecule has 0 saturated carbocycles. The molecule has 0 aromatic heterocycles. The number of rotatable bonds is 3. The summed E-state index contributed by atoms with van der Waals surface area (Å²) in [7, 11) is 1.53. The molecule has 1 atom stereocenters. The fourth-order valence-corrected chi connectivity index (χ4v) is 1.48. The topological polar surface area (TPSA) is 52.3 Å². The van der Waals surface area contributed by atoms with Gasteiger partial charge >= 0.3 is 0 Å². The number of methoxy groups -OCH3 is 1. The molecule has 2 N–H and O–H groups in total. The lowest BCUT2D eigenvalue weighted by atomic mass is 10.1. The van der Waals surface area contributed by atoms with Gasteiger partial charge in [0.1, 0.15) is 5.75 Å². The summed E-state index contributed by atoms with van der Waals surface area (Å²) >= 11 is 3.29. The minimum absolute atomic E-state index is 0.122. The van der Waals surface area contributed by atoms with Crippen molar-refractivity contribution in [2.75, 3.05) is 7.11 Å². The van der Waals surface area contributed by atoms with E-state index in [9.17, 15) is 4.79 Å². The maximum Gasteiger partial charge on any atom is 0.182 e. The summed E-state index contributed by atoms with van der Waals surface area (Å²) in [5.74, 6) is 0.429. The molecule has 4 heteroatoms. The smallest absolute Gasteiger partial charge is 0.182 e. The highest BCUT2D eigenvalue weighted by Gasteiger charge is 2.15. The van der Waals surface area contributed by atoms with Crippen molar-refractivity contribution in [3.8, 4) is 5.75 Å². The van der Waals surface area contributed by atoms with Gasteiger partial charge in [-0.15, -0.1) is 0 Å². The molecule has 0 aliphatic heterocycles. The molecule has 76 valence electrons. The summed E-state index contributed by atoms with van der Waals surface area (Å²) in [5, 5.41) is 0. The molecule has 0 spiro atoms. The summed E-state index contributed by atoms with van der Waals surface area (Å²) in [6.07, 6.45) is 0. The molecular weight excluding hydrogens is 246 g/mol. The maximum absolute atomic E-state index is 11.7. The van der Waals surface area contributed by atoms with Crippen LogP contribution in [0, 0.1) is 0 Å². The van der Waals surface area contributed by atoms with Gasteiger partial charge in [-0.3, -0.25) is 4.79 Å². The summed E-state index contributed by atoms with van der Waals surface area (Å²) in [5.41, 5.74) is 6.03. The van der Waals surface area contributed by atoms with Crippen molar-refractivity contribution >= 4 is 21.7 Å². The van der Waals surface area contributed by atoms with Crippen LogP contribution in [0.1, 0.15) is 17.3 Å². The van der Waals surface area contributed by atoms with Crippen LogP contribution in [-0.2, 0) is 0 Å². The Kier molecular flexibility index (Phi) is 3.66. The Morgan fingerprint density at radius 1 is 1.57 bits per heavy atom. The van der Waals surface area contributed by atoms with E-state index in [-0.39, 0.29) is 5.78 Å². The SMILES string of the molecule is COc1ccc(Br)cc1C(=O)C(C)N. The predicted octanol–water partition coefficient (Wildman–Crippen LogP) is 1.99. The van der Waals surface area contributed by atoms with Gasteiger partial charge in [-0.05, 0) is 25.1 Å². The van der Waals surface area contributed by atoms with Gasteiger partial charge in [0.2, 0.25) is 0 Å². The highest BCUT2D eigenvalue weighted by molar-refractivity contribution is 9.10. The molecule has 0 radical (unpaired) electrons. The van der Waals surface area contributed by atoms with E-state index in [1.54, 1.807) is 19.1 Å². The first-order valence-electron chi connectivity index (χ1n) is 4.19. The Bertz CT molecular complexity index is 350. The summed E-state index contributed by atoms with van der Waals surface area (Å²) in [6.45, 7) is 1.66. The second-order valence-corrected chi connectivity index (χ2v) is 3.91. The van der Waals surface area contributed by atoms with Crippen LogP contribution < -0.4 is 10.5 Å². The minimum atomic E-state index is -0.516. The second kappa shape index (κ2) is 4.57. The lowest BCUT2D eigenvalue weighted by Crippen LogP contribution is -2.27. The van der Waals surface area contributed by atoms with Crippen molar-refractivity contribution in [1.82, 2.24) is 0 Å². The Morgan fingerprint density at radius 2 is 2.21 bits per heavy atom.